The number of carbonyl (C=O) groups excluding carboxylic acids is 1. The van der Waals surface area contributed by atoms with Crippen molar-refractivity contribution >= 4 is 11.9 Å². The molecule has 1 N–H and O–H groups in total. The third-order valence-electron chi connectivity index (χ3n) is 2.58. The van der Waals surface area contributed by atoms with E-state index in [0.29, 0.717) is 12.1 Å². The summed E-state index contributed by atoms with van der Waals surface area (Å²) < 4.78 is 0. The number of pyridine rings is 1. The minimum absolute atomic E-state index is 0.0573. The first kappa shape index (κ1) is 14.2. The first-order chi connectivity index (χ1) is 8.47. The van der Waals surface area contributed by atoms with Crippen molar-refractivity contribution in [1.29, 1.82) is 0 Å². The predicted octanol–water partition coefficient (Wildman–Crippen LogP) is 2.04. The van der Waals surface area contributed by atoms with E-state index >= 15 is 0 Å². The van der Waals surface area contributed by atoms with E-state index in [-0.39, 0.29) is 17.6 Å². The molecule has 0 aromatic carbocycles. The minimum Gasteiger partial charge on any atom is -0.477 e. The maximum absolute atomic E-state index is 12.2. The summed E-state index contributed by atoms with van der Waals surface area (Å²) in [5.74, 6) is -1.21. The Hall–Kier alpha value is -1.91. The van der Waals surface area contributed by atoms with Crippen molar-refractivity contribution in [1.82, 2.24) is 9.88 Å². The molecule has 0 unspecified atom stereocenters. The average molecular weight is 250 g/mol. The molecule has 0 saturated heterocycles. The Morgan fingerprint density at radius 2 is 2.06 bits per heavy atom. The Bertz CT molecular complexity index is 426. The van der Waals surface area contributed by atoms with Crippen molar-refractivity contribution in [3.05, 3.63) is 29.6 Å². The van der Waals surface area contributed by atoms with E-state index in [0.717, 1.165) is 6.42 Å². The molecule has 0 spiro atoms. The largest absolute Gasteiger partial charge is 0.477 e. The van der Waals surface area contributed by atoms with E-state index in [4.69, 9.17) is 5.11 Å². The van der Waals surface area contributed by atoms with Gasteiger partial charge in [0.25, 0.3) is 5.91 Å². The number of amides is 1. The first-order valence-corrected chi connectivity index (χ1v) is 5.97. The van der Waals surface area contributed by atoms with Crippen LogP contribution < -0.4 is 0 Å². The van der Waals surface area contributed by atoms with Gasteiger partial charge in [-0.05, 0) is 32.4 Å². The highest BCUT2D eigenvalue weighted by Crippen LogP contribution is 2.09. The molecule has 98 valence electrons. The number of carboxylic acids is 1. The number of nitrogens with zero attached hydrogens (tertiary/aromatic N) is 2. The number of aromatic nitrogens is 1. The molecule has 1 amide bonds. The summed E-state index contributed by atoms with van der Waals surface area (Å²) >= 11 is 0. The molecule has 0 fully saturated rings. The minimum atomic E-state index is -1.09. The second-order valence-corrected chi connectivity index (χ2v) is 4.33. The number of carboxylic acid groups (broad SMARTS) is 1. The molecule has 0 aliphatic rings. The maximum Gasteiger partial charge on any atom is 0.354 e. The Balaban J connectivity index is 2.91. The Labute approximate surface area is 106 Å². The van der Waals surface area contributed by atoms with E-state index in [9.17, 15) is 9.59 Å². The molecule has 1 rings (SSSR count). The molecule has 18 heavy (non-hydrogen) atoms. The third-order valence-corrected chi connectivity index (χ3v) is 2.58. The number of aromatic carboxylic acids is 1. The molecule has 5 nitrogen and oxygen atoms in total. The number of carbonyl (C=O) groups is 2. The second-order valence-electron chi connectivity index (χ2n) is 4.33. The highest BCUT2D eigenvalue weighted by Gasteiger charge is 2.18. The highest BCUT2D eigenvalue weighted by atomic mass is 16.4. The summed E-state index contributed by atoms with van der Waals surface area (Å²) in [5.41, 5.74) is 0.361. The van der Waals surface area contributed by atoms with E-state index in [1.165, 1.54) is 18.3 Å². The summed E-state index contributed by atoms with van der Waals surface area (Å²) in [6.07, 6.45) is 2.20. The average Bonchev–Trinajstić information content (AvgIpc) is 2.35. The number of rotatable bonds is 5. The Morgan fingerprint density at radius 1 is 1.39 bits per heavy atom. The van der Waals surface area contributed by atoms with Gasteiger partial charge in [0.05, 0.1) is 5.56 Å². The van der Waals surface area contributed by atoms with Gasteiger partial charge in [-0.2, -0.15) is 0 Å². The molecule has 0 bridgehead atoms. The van der Waals surface area contributed by atoms with Gasteiger partial charge in [0.1, 0.15) is 5.69 Å². The van der Waals surface area contributed by atoms with Gasteiger partial charge in [0, 0.05) is 18.8 Å². The van der Waals surface area contributed by atoms with Crippen LogP contribution in [0.4, 0.5) is 0 Å². The van der Waals surface area contributed by atoms with Crippen molar-refractivity contribution in [3.63, 3.8) is 0 Å². The Morgan fingerprint density at radius 3 is 2.44 bits per heavy atom. The summed E-state index contributed by atoms with van der Waals surface area (Å²) in [5, 5.41) is 8.74. The molecule has 1 aromatic rings. The fourth-order valence-electron chi connectivity index (χ4n) is 1.65. The Kier molecular flexibility index (Phi) is 4.83. The fraction of sp³-hybridized carbons (Fsp3) is 0.462. The van der Waals surface area contributed by atoms with Gasteiger partial charge in [-0.1, -0.05) is 6.92 Å². The van der Waals surface area contributed by atoms with Crippen LogP contribution in [0, 0.1) is 0 Å². The van der Waals surface area contributed by atoms with Crippen molar-refractivity contribution in [2.75, 3.05) is 6.54 Å². The zero-order chi connectivity index (χ0) is 13.7. The van der Waals surface area contributed by atoms with Crippen molar-refractivity contribution in [2.45, 2.75) is 33.2 Å². The van der Waals surface area contributed by atoms with Crippen LogP contribution in [-0.2, 0) is 0 Å². The van der Waals surface area contributed by atoms with Crippen LogP contribution in [0.2, 0.25) is 0 Å². The lowest BCUT2D eigenvalue weighted by molar-refractivity contribution is 0.0680. The van der Waals surface area contributed by atoms with Gasteiger partial charge < -0.3 is 10.0 Å². The van der Waals surface area contributed by atoms with Crippen molar-refractivity contribution in [3.8, 4) is 0 Å². The molecular weight excluding hydrogens is 232 g/mol. The third kappa shape index (κ3) is 3.29. The van der Waals surface area contributed by atoms with Crippen LogP contribution in [-0.4, -0.2) is 39.5 Å². The van der Waals surface area contributed by atoms with Gasteiger partial charge >= 0.3 is 5.97 Å². The quantitative estimate of drug-likeness (QED) is 0.868. The smallest absolute Gasteiger partial charge is 0.354 e. The summed E-state index contributed by atoms with van der Waals surface area (Å²) in [6, 6.07) is 2.96. The topological polar surface area (TPSA) is 70.5 Å². The van der Waals surface area contributed by atoms with Gasteiger partial charge in [0.15, 0.2) is 0 Å². The van der Waals surface area contributed by atoms with Crippen LogP contribution in [0.1, 0.15) is 48.0 Å². The monoisotopic (exact) mass is 250 g/mol. The molecule has 1 heterocycles. The lowest BCUT2D eigenvalue weighted by Crippen LogP contribution is -2.37. The maximum atomic E-state index is 12.2. The standard InChI is InChI=1S/C13H18N2O3/c1-4-7-15(9(2)3)12(16)10-5-6-11(13(17)18)14-8-10/h5-6,8-9H,4,7H2,1-3H3,(H,17,18). The summed E-state index contributed by atoms with van der Waals surface area (Å²) in [6.45, 7) is 6.59. The van der Waals surface area contributed by atoms with E-state index in [1.807, 2.05) is 20.8 Å². The van der Waals surface area contributed by atoms with E-state index < -0.39 is 5.97 Å². The zero-order valence-corrected chi connectivity index (χ0v) is 10.9. The molecule has 0 radical (unpaired) electrons. The summed E-state index contributed by atoms with van der Waals surface area (Å²) in [4.78, 5) is 28.4. The second kappa shape index (κ2) is 6.14. The van der Waals surface area contributed by atoms with Crippen molar-refractivity contribution < 1.29 is 14.7 Å². The van der Waals surface area contributed by atoms with E-state index in [2.05, 4.69) is 4.98 Å². The predicted molar refractivity (Wildman–Crippen MR) is 67.7 cm³/mol. The van der Waals surface area contributed by atoms with Gasteiger partial charge in [-0.15, -0.1) is 0 Å². The van der Waals surface area contributed by atoms with Crippen molar-refractivity contribution in [2.24, 2.45) is 0 Å². The zero-order valence-electron chi connectivity index (χ0n) is 10.9. The lowest BCUT2D eigenvalue weighted by Gasteiger charge is -2.26. The SMILES string of the molecule is CCCN(C(=O)c1ccc(C(=O)O)nc1)C(C)C. The lowest BCUT2D eigenvalue weighted by atomic mass is 10.2. The molecule has 1 aromatic heterocycles. The van der Waals surface area contributed by atoms with Crippen LogP contribution in [0.5, 0.6) is 0 Å². The van der Waals surface area contributed by atoms with Gasteiger partial charge in [-0.3, -0.25) is 4.79 Å². The first-order valence-electron chi connectivity index (χ1n) is 5.97. The summed E-state index contributed by atoms with van der Waals surface area (Å²) in [7, 11) is 0. The fourth-order valence-corrected chi connectivity index (χ4v) is 1.65. The van der Waals surface area contributed by atoms with Gasteiger partial charge in [-0.25, -0.2) is 9.78 Å². The van der Waals surface area contributed by atoms with Crippen LogP contribution in [0.15, 0.2) is 18.3 Å². The number of hydrogen-bond acceptors (Lipinski definition) is 3. The van der Waals surface area contributed by atoms with Gasteiger partial charge in [0.2, 0.25) is 0 Å². The van der Waals surface area contributed by atoms with Crippen LogP contribution in [0.3, 0.4) is 0 Å². The highest BCUT2D eigenvalue weighted by molar-refractivity contribution is 5.95. The molecule has 0 atom stereocenters. The van der Waals surface area contributed by atoms with Crippen LogP contribution in [0.25, 0.3) is 0 Å². The molecule has 0 saturated carbocycles. The normalized spacial score (nSPS) is 10.4. The molecule has 0 aliphatic carbocycles. The molecule has 5 heteroatoms. The molecule has 0 aliphatic heterocycles. The number of hydrogen-bond donors (Lipinski definition) is 1. The van der Waals surface area contributed by atoms with Crippen LogP contribution >= 0.6 is 0 Å². The molecular formula is C13H18N2O3. The van der Waals surface area contributed by atoms with E-state index in [1.54, 1.807) is 4.90 Å².